The van der Waals surface area contributed by atoms with E-state index in [1.165, 1.54) is 16.9 Å². The van der Waals surface area contributed by atoms with Crippen LogP contribution in [0.3, 0.4) is 0 Å². The molecule has 2 aromatic heterocycles. The zero-order valence-corrected chi connectivity index (χ0v) is 18.1. The highest BCUT2D eigenvalue weighted by Gasteiger charge is 2.20. The minimum atomic E-state index is -0.313. The lowest BCUT2D eigenvalue weighted by Gasteiger charge is -2.16. The number of rotatable bonds is 9. The molecule has 2 aromatic rings. The molecule has 0 aliphatic carbocycles. The van der Waals surface area contributed by atoms with Crippen molar-refractivity contribution in [2.75, 3.05) is 19.7 Å². The molecule has 8 nitrogen and oxygen atoms in total. The van der Waals surface area contributed by atoms with Crippen molar-refractivity contribution in [2.24, 2.45) is 12.0 Å². The van der Waals surface area contributed by atoms with E-state index in [0.29, 0.717) is 23.7 Å². The zero-order valence-electron chi connectivity index (χ0n) is 17.3. The maximum atomic E-state index is 12.0. The van der Waals surface area contributed by atoms with Crippen molar-refractivity contribution in [1.29, 1.82) is 0 Å². The number of aromatic nitrogens is 3. The summed E-state index contributed by atoms with van der Waals surface area (Å²) in [7, 11) is 1.92. The van der Waals surface area contributed by atoms with Gasteiger partial charge < -0.3 is 15.4 Å². The third-order valence-corrected chi connectivity index (χ3v) is 5.31. The van der Waals surface area contributed by atoms with E-state index < -0.39 is 0 Å². The fourth-order valence-electron chi connectivity index (χ4n) is 2.65. The lowest BCUT2D eigenvalue weighted by atomic mass is 10.2. The van der Waals surface area contributed by atoms with Gasteiger partial charge in [-0.25, -0.2) is 9.78 Å². The molecule has 0 saturated heterocycles. The summed E-state index contributed by atoms with van der Waals surface area (Å²) in [4.78, 5) is 21.7. The molecule has 2 rings (SSSR count). The van der Waals surface area contributed by atoms with Crippen LogP contribution in [0.1, 0.15) is 59.2 Å². The van der Waals surface area contributed by atoms with Crippen molar-refractivity contribution >= 4 is 23.3 Å². The Bertz CT molecular complexity index is 798. The number of carbonyl (C=O) groups is 1. The first-order valence-corrected chi connectivity index (χ1v) is 10.4. The van der Waals surface area contributed by atoms with Crippen LogP contribution in [0, 0.1) is 6.92 Å². The average molecular weight is 407 g/mol. The van der Waals surface area contributed by atoms with Crippen LogP contribution in [0.2, 0.25) is 0 Å². The maximum absolute atomic E-state index is 12.0. The van der Waals surface area contributed by atoms with Gasteiger partial charge in [-0.05, 0) is 46.1 Å². The SMILES string of the molecule is CCNC(=NCCCc1cnn(C)c1)NC(C)c1nc(C)c(C(=O)OCC)s1. The molecule has 0 fully saturated rings. The van der Waals surface area contributed by atoms with Gasteiger partial charge in [-0.1, -0.05) is 0 Å². The van der Waals surface area contributed by atoms with Gasteiger partial charge >= 0.3 is 5.97 Å². The van der Waals surface area contributed by atoms with Crippen LogP contribution in [0.15, 0.2) is 17.4 Å². The fourth-order valence-corrected chi connectivity index (χ4v) is 3.61. The number of esters is 1. The van der Waals surface area contributed by atoms with Crippen molar-refractivity contribution in [3.63, 3.8) is 0 Å². The molecule has 0 aromatic carbocycles. The third kappa shape index (κ3) is 6.33. The van der Waals surface area contributed by atoms with Crippen LogP contribution >= 0.6 is 11.3 Å². The molecule has 2 N–H and O–H groups in total. The van der Waals surface area contributed by atoms with Crippen LogP contribution in [-0.2, 0) is 18.2 Å². The summed E-state index contributed by atoms with van der Waals surface area (Å²) < 4.78 is 6.91. The largest absolute Gasteiger partial charge is 0.462 e. The summed E-state index contributed by atoms with van der Waals surface area (Å²) in [6, 6.07) is -0.0667. The van der Waals surface area contributed by atoms with Crippen LogP contribution in [0.25, 0.3) is 0 Å². The Kier molecular flexibility index (Phi) is 8.43. The molecular formula is C19H30N6O2S. The normalized spacial score (nSPS) is 12.7. The van der Waals surface area contributed by atoms with Crippen molar-refractivity contribution in [3.05, 3.63) is 33.5 Å². The average Bonchev–Trinajstić information content (AvgIpc) is 3.24. The summed E-state index contributed by atoms with van der Waals surface area (Å²) in [5.74, 6) is 0.429. The second-order valence-corrected chi connectivity index (χ2v) is 7.47. The predicted octanol–water partition coefficient (Wildman–Crippen LogP) is 2.61. The Morgan fingerprint density at radius 1 is 1.43 bits per heavy atom. The van der Waals surface area contributed by atoms with E-state index in [0.717, 1.165) is 30.4 Å². The second kappa shape index (κ2) is 10.8. The molecule has 0 radical (unpaired) electrons. The molecule has 1 atom stereocenters. The molecule has 28 heavy (non-hydrogen) atoms. The summed E-state index contributed by atoms with van der Waals surface area (Å²) in [5.41, 5.74) is 1.92. The van der Waals surface area contributed by atoms with Gasteiger partial charge in [0.1, 0.15) is 9.88 Å². The maximum Gasteiger partial charge on any atom is 0.350 e. The molecule has 0 aliphatic heterocycles. The van der Waals surface area contributed by atoms with Crippen molar-refractivity contribution in [1.82, 2.24) is 25.4 Å². The molecule has 9 heteroatoms. The van der Waals surface area contributed by atoms with Crippen LogP contribution in [0.5, 0.6) is 0 Å². The summed E-state index contributed by atoms with van der Waals surface area (Å²) in [5, 5.41) is 11.6. The Hall–Kier alpha value is -2.42. The number of ether oxygens (including phenoxy) is 1. The first kappa shape index (κ1) is 21.9. The predicted molar refractivity (Wildman–Crippen MR) is 112 cm³/mol. The van der Waals surface area contributed by atoms with E-state index in [1.807, 2.05) is 44.9 Å². The van der Waals surface area contributed by atoms with Gasteiger partial charge in [0, 0.05) is 26.3 Å². The lowest BCUT2D eigenvalue weighted by molar-refractivity contribution is 0.0531. The van der Waals surface area contributed by atoms with Gasteiger partial charge in [0.25, 0.3) is 0 Å². The van der Waals surface area contributed by atoms with Gasteiger partial charge in [-0.3, -0.25) is 9.67 Å². The highest BCUT2D eigenvalue weighted by molar-refractivity contribution is 7.13. The van der Waals surface area contributed by atoms with E-state index in [9.17, 15) is 4.79 Å². The number of thiazole rings is 1. The van der Waals surface area contributed by atoms with Crippen LogP contribution in [0.4, 0.5) is 0 Å². The van der Waals surface area contributed by atoms with Gasteiger partial charge in [-0.2, -0.15) is 5.10 Å². The fraction of sp³-hybridized carbons (Fsp3) is 0.579. The molecular weight excluding hydrogens is 376 g/mol. The van der Waals surface area contributed by atoms with Crippen molar-refractivity contribution in [3.8, 4) is 0 Å². The Balaban J connectivity index is 1.94. The summed E-state index contributed by atoms with van der Waals surface area (Å²) >= 11 is 1.36. The quantitative estimate of drug-likeness (QED) is 0.288. The number of carbonyl (C=O) groups excluding carboxylic acids is 1. The summed E-state index contributed by atoms with van der Waals surface area (Å²) in [6.45, 7) is 9.51. The van der Waals surface area contributed by atoms with E-state index in [4.69, 9.17) is 4.74 Å². The molecule has 0 bridgehead atoms. The first-order chi connectivity index (χ1) is 13.4. The van der Waals surface area contributed by atoms with E-state index in [2.05, 4.69) is 25.7 Å². The third-order valence-electron chi connectivity index (χ3n) is 3.99. The van der Waals surface area contributed by atoms with E-state index >= 15 is 0 Å². The number of hydrogen-bond donors (Lipinski definition) is 2. The Labute approximate surface area is 170 Å². The number of hydrogen-bond acceptors (Lipinski definition) is 6. The number of nitrogens with zero attached hydrogens (tertiary/aromatic N) is 4. The van der Waals surface area contributed by atoms with E-state index in [-0.39, 0.29) is 12.0 Å². The number of aliphatic imine (C=N–C) groups is 1. The Morgan fingerprint density at radius 2 is 2.21 bits per heavy atom. The Morgan fingerprint density at radius 3 is 2.86 bits per heavy atom. The van der Waals surface area contributed by atoms with Gasteiger partial charge in [0.05, 0.1) is 24.5 Å². The highest BCUT2D eigenvalue weighted by Crippen LogP contribution is 2.24. The molecule has 0 aliphatic rings. The van der Waals surface area contributed by atoms with Crippen LogP contribution in [-0.4, -0.2) is 46.4 Å². The smallest absolute Gasteiger partial charge is 0.350 e. The minimum absolute atomic E-state index is 0.0667. The topological polar surface area (TPSA) is 93.4 Å². The number of guanidine groups is 1. The van der Waals surface area contributed by atoms with Crippen molar-refractivity contribution in [2.45, 2.75) is 46.6 Å². The van der Waals surface area contributed by atoms with E-state index in [1.54, 1.807) is 6.92 Å². The van der Waals surface area contributed by atoms with Gasteiger partial charge in [0.15, 0.2) is 5.96 Å². The molecule has 0 saturated carbocycles. The standard InChI is InChI=1S/C19H30N6O2S/c1-6-20-19(21-10-8-9-15-11-22-25(5)12-15)24-14(4)17-23-13(3)16(28-17)18(26)27-7-2/h11-12,14H,6-10H2,1-5H3,(H2,20,21,24). The van der Waals surface area contributed by atoms with Gasteiger partial charge in [0.2, 0.25) is 0 Å². The molecule has 2 heterocycles. The summed E-state index contributed by atoms with van der Waals surface area (Å²) in [6.07, 6.45) is 5.81. The monoisotopic (exact) mass is 406 g/mol. The highest BCUT2D eigenvalue weighted by atomic mass is 32.1. The molecule has 0 amide bonds. The lowest BCUT2D eigenvalue weighted by Crippen LogP contribution is -2.38. The molecule has 1 unspecified atom stereocenters. The number of nitrogens with one attached hydrogen (secondary N) is 2. The second-order valence-electron chi connectivity index (χ2n) is 6.44. The van der Waals surface area contributed by atoms with Crippen LogP contribution < -0.4 is 10.6 Å². The minimum Gasteiger partial charge on any atom is -0.462 e. The molecule has 154 valence electrons. The first-order valence-electron chi connectivity index (χ1n) is 9.61. The van der Waals surface area contributed by atoms with Gasteiger partial charge in [-0.15, -0.1) is 11.3 Å². The zero-order chi connectivity index (χ0) is 20.5. The van der Waals surface area contributed by atoms with Crippen molar-refractivity contribution < 1.29 is 9.53 Å². The number of aryl methyl sites for hydroxylation is 3. The molecule has 0 spiro atoms.